The van der Waals surface area contributed by atoms with Gasteiger partial charge in [-0.3, -0.25) is 0 Å². The summed E-state index contributed by atoms with van der Waals surface area (Å²) in [5, 5.41) is 8.68. The van der Waals surface area contributed by atoms with Crippen LogP contribution < -0.4 is 0 Å². The Hall–Kier alpha value is 0.0600. The first-order valence-corrected chi connectivity index (χ1v) is 7.58. The van der Waals surface area contributed by atoms with Gasteiger partial charge in [-0.25, -0.2) is 0 Å². The van der Waals surface area contributed by atoms with E-state index >= 15 is 0 Å². The van der Waals surface area contributed by atoms with Crippen molar-refractivity contribution in [2.45, 2.75) is 38.3 Å². The van der Waals surface area contributed by atoms with Gasteiger partial charge in [-0.05, 0) is 44.9 Å². The van der Waals surface area contributed by atoms with Crippen molar-refractivity contribution in [1.29, 1.82) is 5.26 Å². The molecule has 0 aromatic rings. The third kappa shape index (κ3) is 1.87. The normalized spacial score (nSPS) is 19.8. The largest absolute Gasteiger partial charge is 0.328 e. The Balaban J connectivity index is 2.86. The molecule has 0 amide bonds. The average molecular weight is 233 g/mol. The van der Waals surface area contributed by atoms with E-state index in [0.29, 0.717) is 13.2 Å². The molecular formula is C9H16NO2PS. The molecule has 0 aliphatic heterocycles. The maximum Gasteiger partial charge on any atom is 0.209 e. The molecule has 1 aliphatic rings. The molecule has 80 valence electrons. The quantitative estimate of drug-likeness (QED) is 0.685. The van der Waals surface area contributed by atoms with Gasteiger partial charge in [0.2, 0.25) is 6.49 Å². The van der Waals surface area contributed by atoms with Crippen molar-refractivity contribution in [1.82, 2.24) is 0 Å². The lowest BCUT2D eigenvalue weighted by Crippen LogP contribution is -2.36. The van der Waals surface area contributed by atoms with Crippen molar-refractivity contribution in [3.63, 3.8) is 0 Å². The molecule has 1 fully saturated rings. The summed E-state index contributed by atoms with van der Waals surface area (Å²) in [5.74, 6) is 0. The fraction of sp³-hybridized carbons (Fsp3) is 0.889. The number of nitrogens with zero attached hydrogens (tertiary/aromatic N) is 1. The van der Waals surface area contributed by atoms with Crippen LogP contribution in [-0.4, -0.2) is 18.4 Å². The zero-order valence-electron chi connectivity index (χ0n) is 8.65. The van der Waals surface area contributed by atoms with Gasteiger partial charge in [0.25, 0.3) is 0 Å². The summed E-state index contributed by atoms with van der Waals surface area (Å²) in [7, 11) is 0. The maximum absolute atomic E-state index is 9.18. The highest BCUT2D eigenvalue weighted by atomic mass is 32.5. The molecule has 14 heavy (non-hydrogen) atoms. The Morgan fingerprint density at radius 3 is 2.07 bits per heavy atom. The summed E-state index contributed by atoms with van der Waals surface area (Å²) in [4.78, 5) is 0. The SMILES string of the molecule is CCOP(=S)(OCC)C1(C#N)CCC1. The van der Waals surface area contributed by atoms with E-state index in [1.807, 2.05) is 13.8 Å². The molecule has 1 rings (SSSR count). The Labute approximate surface area is 90.6 Å². The summed E-state index contributed by atoms with van der Waals surface area (Å²) >= 11 is 5.43. The monoisotopic (exact) mass is 233 g/mol. The fourth-order valence-electron chi connectivity index (χ4n) is 1.58. The van der Waals surface area contributed by atoms with Crippen molar-refractivity contribution in [3.05, 3.63) is 0 Å². The van der Waals surface area contributed by atoms with E-state index in [4.69, 9.17) is 20.9 Å². The van der Waals surface area contributed by atoms with E-state index in [9.17, 15) is 5.26 Å². The van der Waals surface area contributed by atoms with Gasteiger partial charge in [0.15, 0.2) is 0 Å². The Morgan fingerprint density at radius 1 is 1.36 bits per heavy atom. The van der Waals surface area contributed by atoms with E-state index in [1.165, 1.54) is 0 Å². The molecule has 0 unspecified atom stereocenters. The van der Waals surface area contributed by atoms with Crippen LogP contribution in [0, 0.1) is 11.3 Å². The summed E-state index contributed by atoms with van der Waals surface area (Å²) in [6, 6.07) is 2.32. The Bertz CT molecular complexity index is 273. The van der Waals surface area contributed by atoms with E-state index in [2.05, 4.69) is 6.07 Å². The van der Waals surface area contributed by atoms with E-state index < -0.39 is 11.6 Å². The van der Waals surface area contributed by atoms with Crippen LogP contribution in [0.3, 0.4) is 0 Å². The first kappa shape index (κ1) is 12.1. The second-order valence-electron chi connectivity index (χ2n) is 3.33. The number of hydrogen-bond acceptors (Lipinski definition) is 4. The minimum absolute atomic E-state index is 0.492. The smallest absolute Gasteiger partial charge is 0.209 e. The highest BCUT2D eigenvalue weighted by Crippen LogP contribution is 2.67. The van der Waals surface area contributed by atoms with Crippen LogP contribution in [0.25, 0.3) is 0 Å². The standard InChI is InChI=1S/C9H16NO2PS/c1-3-11-13(14,12-4-2)9(8-10)6-5-7-9/h3-7H2,1-2H3. The zero-order chi connectivity index (χ0) is 10.7. The highest BCUT2D eigenvalue weighted by Gasteiger charge is 2.51. The second-order valence-corrected chi connectivity index (χ2v) is 7.14. The summed E-state index contributed by atoms with van der Waals surface area (Å²) in [6.45, 7) is 2.46. The van der Waals surface area contributed by atoms with Crippen molar-refractivity contribution in [2.24, 2.45) is 0 Å². The van der Waals surface area contributed by atoms with Gasteiger partial charge in [0, 0.05) is 0 Å². The zero-order valence-corrected chi connectivity index (χ0v) is 10.4. The number of hydrogen-bond donors (Lipinski definition) is 0. The molecule has 0 atom stereocenters. The van der Waals surface area contributed by atoms with Crippen molar-refractivity contribution < 1.29 is 9.05 Å². The molecule has 0 spiro atoms. The third-order valence-electron chi connectivity index (χ3n) is 2.51. The molecule has 0 heterocycles. The molecular weight excluding hydrogens is 217 g/mol. The molecule has 0 radical (unpaired) electrons. The minimum Gasteiger partial charge on any atom is -0.328 e. The van der Waals surface area contributed by atoms with Crippen LogP contribution in [0.4, 0.5) is 0 Å². The molecule has 0 bridgehead atoms. The minimum atomic E-state index is -2.38. The lowest BCUT2D eigenvalue weighted by atomic mass is 9.86. The van der Waals surface area contributed by atoms with Crippen molar-refractivity contribution in [2.75, 3.05) is 13.2 Å². The second kappa shape index (κ2) is 4.72. The average Bonchev–Trinajstić information content (AvgIpc) is 2.03. The third-order valence-corrected chi connectivity index (χ3v) is 6.98. The molecule has 0 aromatic heterocycles. The number of rotatable bonds is 5. The van der Waals surface area contributed by atoms with Gasteiger partial charge in [0.05, 0.1) is 19.3 Å². The van der Waals surface area contributed by atoms with Gasteiger partial charge in [-0.2, -0.15) is 5.26 Å². The fourth-order valence-corrected chi connectivity index (χ4v) is 5.12. The molecule has 5 heteroatoms. The van der Waals surface area contributed by atoms with Crippen LogP contribution in [0.1, 0.15) is 33.1 Å². The Kier molecular flexibility index (Phi) is 4.09. The lowest BCUT2D eigenvalue weighted by molar-refractivity contribution is 0.231. The van der Waals surface area contributed by atoms with Gasteiger partial charge < -0.3 is 9.05 Å². The first-order chi connectivity index (χ1) is 6.64. The molecule has 0 N–H and O–H groups in total. The highest BCUT2D eigenvalue weighted by molar-refractivity contribution is 8.10. The van der Waals surface area contributed by atoms with E-state index in [0.717, 1.165) is 19.3 Å². The van der Waals surface area contributed by atoms with Crippen LogP contribution in [0.5, 0.6) is 0 Å². The molecule has 1 aliphatic carbocycles. The van der Waals surface area contributed by atoms with Gasteiger partial charge in [-0.1, -0.05) is 0 Å². The van der Waals surface area contributed by atoms with Crippen LogP contribution in [0.15, 0.2) is 0 Å². The Morgan fingerprint density at radius 2 is 1.86 bits per heavy atom. The van der Waals surface area contributed by atoms with E-state index in [1.54, 1.807) is 0 Å². The van der Waals surface area contributed by atoms with Crippen molar-refractivity contribution >= 4 is 18.3 Å². The lowest BCUT2D eigenvalue weighted by Gasteiger charge is -2.42. The molecule has 3 nitrogen and oxygen atoms in total. The molecule has 1 saturated carbocycles. The van der Waals surface area contributed by atoms with Crippen LogP contribution in [0.2, 0.25) is 0 Å². The summed E-state index contributed by atoms with van der Waals surface area (Å²) in [5.41, 5.74) is 0. The first-order valence-electron chi connectivity index (χ1n) is 4.94. The maximum atomic E-state index is 9.18. The summed E-state index contributed by atoms with van der Waals surface area (Å²) < 4.78 is 11.1. The summed E-state index contributed by atoms with van der Waals surface area (Å²) in [6.07, 6.45) is 2.73. The van der Waals surface area contributed by atoms with Crippen LogP contribution in [-0.2, 0) is 20.9 Å². The predicted molar refractivity (Wildman–Crippen MR) is 59.7 cm³/mol. The molecule has 0 saturated heterocycles. The van der Waals surface area contributed by atoms with Gasteiger partial charge in [0.1, 0.15) is 5.16 Å². The number of nitriles is 1. The van der Waals surface area contributed by atoms with Crippen LogP contribution >= 0.6 is 6.49 Å². The van der Waals surface area contributed by atoms with Gasteiger partial charge >= 0.3 is 0 Å². The van der Waals surface area contributed by atoms with Crippen molar-refractivity contribution in [3.8, 4) is 6.07 Å². The van der Waals surface area contributed by atoms with Gasteiger partial charge in [-0.15, -0.1) is 0 Å². The topological polar surface area (TPSA) is 42.2 Å². The van der Waals surface area contributed by atoms with E-state index in [-0.39, 0.29) is 0 Å². The molecule has 0 aromatic carbocycles. The predicted octanol–water partition coefficient (Wildman–Crippen LogP) is 2.82.